The highest BCUT2D eigenvalue weighted by Crippen LogP contribution is 2.43. The van der Waals surface area contributed by atoms with Gasteiger partial charge in [0.1, 0.15) is 17.4 Å². The number of phenolic OH excluding ortho intramolecular Hbond substituents is 1. The minimum absolute atomic E-state index is 0.0195. The molecule has 2 heterocycles. The van der Waals surface area contributed by atoms with E-state index in [1.54, 1.807) is 32.0 Å². The Morgan fingerprint density at radius 3 is 2.54 bits per heavy atom. The van der Waals surface area contributed by atoms with Crippen molar-refractivity contribution >= 4 is 16.8 Å². The molecule has 1 atom stereocenters. The van der Waals surface area contributed by atoms with Crippen molar-refractivity contribution < 1.29 is 23.8 Å². The van der Waals surface area contributed by atoms with Crippen LogP contribution in [0.25, 0.3) is 11.0 Å². The predicted molar refractivity (Wildman–Crippen MR) is 104 cm³/mol. The van der Waals surface area contributed by atoms with Crippen LogP contribution in [-0.4, -0.2) is 18.0 Å². The Kier molecular flexibility index (Phi) is 4.14. The molecule has 1 aromatic heterocycles. The molecule has 1 aliphatic heterocycles. The molecule has 0 unspecified atom stereocenters. The summed E-state index contributed by atoms with van der Waals surface area (Å²) in [4.78, 5) is 25.0. The number of aromatic hydroxyl groups is 1. The van der Waals surface area contributed by atoms with Crippen LogP contribution in [0.1, 0.15) is 45.1 Å². The molecule has 4 rings (SSSR count). The second kappa shape index (κ2) is 6.41. The van der Waals surface area contributed by atoms with E-state index in [0.29, 0.717) is 44.7 Å². The third-order valence-electron chi connectivity index (χ3n) is 5.37. The summed E-state index contributed by atoms with van der Waals surface area (Å²) >= 11 is 0. The molecule has 0 amide bonds. The molecule has 144 valence electrons. The standard InChI is InChI=1S/C22H20O6/c1-10-7-18-20(11(2)12(3)22(25)28-18)21-19(10)15(24)9-17(27-21)13-5-6-16(26-4)14(23)8-13/h5-8,17,23H,9H2,1-4H3/t17-/m0/s1. The van der Waals surface area contributed by atoms with Gasteiger partial charge in [-0.25, -0.2) is 4.79 Å². The van der Waals surface area contributed by atoms with E-state index in [2.05, 4.69) is 0 Å². The van der Waals surface area contributed by atoms with Gasteiger partial charge in [-0.3, -0.25) is 4.79 Å². The van der Waals surface area contributed by atoms with Gasteiger partial charge >= 0.3 is 5.63 Å². The minimum Gasteiger partial charge on any atom is -0.504 e. The van der Waals surface area contributed by atoms with Crippen molar-refractivity contribution in [2.75, 3.05) is 7.11 Å². The number of ketones is 1. The molecular formula is C22H20O6. The van der Waals surface area contributed by atoms with Crippen LogP contribution < -0.4 is 15.1 Å². The lowest BCUT2D eigenvalue weighted by Crippen LogP contribution is -2.22. The maximum absolute atomic E-state index is 12.9. The van der Waals surface area contributed by atoms with Gasteiger partial charge in [0.05, 0.1) is 24.5 Å². The van der Waals surface area contributed by atoms with Gasteiger partial charge in [-0.05, 0) is 55.7 Å². The summed E-state index contributed by atoms with van der Waals surface area (Å²) in [6, 6.07) is 6.65. The third-order valence-corrected chi connectivity index (χ3v) is 5.37. The molecule has 6 heteroatoms. The van der Waals surface area contributed by atoms with E-state index in [0.717, 1.165) is 5.56 Å². The number of benzene rings is 2. The van der Waals surface area contributed by atoms with Gasteiger partial charge in [0.25, 0.3) is 0 Å². The molecule has 0 aliphatic carbocycles. The number of methoxy groups -OCH3 is 1. The summed E-state index contributed by atoms with van der Waals surface area (Å²) in [5.74, 6) is 0.704. The number of rotatable bonds is 2. The van der Waals surface area contributed by atoms with Crippen LogP contribution >= 0.6 is 0 Å². The first kappa shape index (κ1) is 18.1. The normalized spacial score (nSPS) is 16.0. The fraction of sp³-hybridized carbons (Fsp3) is 0.273. The Labute approximate surface area is 161 Å². The highest BCUT2D eigenvalue weighted by molar-refractivity contribution is 6.07. The molecule has 0 fully saturated rings. The first-order chi connectivity index (χ1) is 13.3. The van der Waals surface area contributed by atoms with Crippen LogP contribution in [0.4, 0.5) is 0 Å². The van der Waals surface area contributed by atoms with E-state index in [1.807, 2.05) is 6.92 Å². The van der Waals surface area contributed by atoms with Crippen molar-refractivity contribution in [1.82, 2.24) is 0 Å². The molecular weight excluding hydrogens is 360 g/mol. The number of hydrogen-bond donors (Lipinski definition) is 1. The topological polar surface area (TPSA) is 86.0 Å². The average molecular weight is 380 g/mol. The van der Waals surface area contributed by atoms with E-state index in [9.17, 15) is 14.7 Å². The van der Waals surface area contributed by atoms with Crippen molar-refractivity contribution in [2.45, 2.75) is 33.3 Å². The molecule has 0 saturated heterocycles. The Bertz CT molecular complexity index is 1190. The summed E-state index contributed by atoms with van der Waals surface area (Å²) in [7, 11) is 1.47. The smallest absolute Gasteiger partial charge is 0.339 e. The van der Waals surface area contributed by atoms with Crippen LogP contribution in [0.2, 0.25) is 0 Å². The zero-order valence-corrected chi connectivity index (χ0v) is 16.1. The van der Waals surface area contributed by atoms with Crippen molar-refractivity contribution in [3.05, 3.63) is 62.5 Å². The van der Waals surface area contributed by atoms with E-state index in [1.165, 1.54) is 13.2 Å². The lowest BCUT2D eigenvalue weighted by molar-refractivity contribution is 0.0852. The predicted octanol–water partition coefficient (Wildman–Crippen LogP) is 4.14. The van der Waals surface area contributed by atoms with Gasteiger partial charge in [-0.1, -0.05) is 6.07 Å². The fourth-order valence-electron chi connectivity index (χ4n) is 3.72. The maximum atomic E-state index is 12.9. The van der Waals surface area contributed by atoms with Crippen molar-refractivity contribution in [2.24, 2.45) is 0 Å². The first-order valence-corrected chi connectivity index (χ1v) is 8.96. The van der Waals surface area contributed by atoms with Gasteiger partial charge in [-0.2, -0.15) is 0 Å². The monoisotopic (exact) mass is 380 g/mol. The number of hydrogen-bond acceptors (Lipinski definition) is 6. The summed E-state index contributed by atoms with van der Waals surface area (Å²) in [5.41, 5.74) is 3.09. The minimum atomic E-state index is -0.562. The SMILES string of the molecule is COc1ccc([C@@H]2CC(=O)c3c(C)cc4oc(=O)c(C)c(C)c4c3O2)cc1O. The molecule has 0 radical (unpaired) electrons. The molecule has 0 saturated carbocycles. The second-order valence-electron chi connectivity index (χ2n) is 7.08. The number of carbonyl (C=O) groups excluding carboxylic acids is 1. The number of Topliss-reactive ketones (excluding diaryl/α,β-unsaturated/α-hetero) is 1. The highest BCUT2D eigenvalue weighted by atomic mass is 16.5. The highest BCUT2D eigenvalue weighted by Gasteiger charge is 2.32. The Balaban J connectivity index is 1.92. The van der Waals surface area contributed by atoms with E-state index >= 15 is 0 Å². The molecule has 1 aliphatic rings. The van der Waals surface area contributed by atoms with E-state index < -0.39 is 11.7 Å². The number of carbonyl (C=O) groups is 1. The van der Waals surface area contributed by atoms with E-state index in [4.69, 9.17) is 13.9 Å². The summed E-state index contributed by atoms with van der Waals surface area (Å²) in [6.45, 7) is 5.31. The van der Waals surface area contributed by atoms with Crippen LogP contribution in [0.3, 0.4) is 0 Å². The van der Waals surface area contributed by atoms with Gasteiger partial charge in [-0.15, -0.1) is 0 Å². The van der Waals surface area contributed by atoms with Gasteiger partial charge in [0, 0.05) is 5.56 Å². The third kappa shape index (κ3) is 2.64. The Morgan fingerprint density at radius 2 is 1.86 bits per heavy atom. The maximum Gasteiger partial charge on any atom is 0.339 e. The summed E-state index contributed by atoms with van der Waals surface area (Å²) < 4.78 is 16.8. The van der Waals surface area contributed by atoms with Gasteiger partial charge in [0.15, 0.2) is 17.3 Å². The first-order valence-electron chi connectivity index (χ1n) is 8.96. The molecule has 3 aromatic rings. The van der Waals surface area contributed by atoms with Crippen molar-refractivity contribution in [1.29, 1.82) is 0 Å². The summed E-state index contributed by atoms with van der Waals surface area (Å²) in [5, 5.41) is 10.7. The number of aryl methyl sites for hydroxylation is 2. The molecule has 0 bridgehead atoms. The number of fused-ring (bicyclic) bond motifs is 3. The van der Waals surface area contributed by atoms with Crippen molar-refractivity contribution in [3.63, 3.8) is 0 Å². The van der Waals surface area contributed by atoms with Crippen molar-refractivity contribution in [3.8, 4) is 17.2 Å². The van der Waals surface area contributed by atoms with Crippen LogP contribution in [-0.2, 0) is 0 Å². The van der Waals surface area contributed by atoms with Gasteiger partial charge in [0.2, 0.25) is 0 Å². The molecule has 6 nitrogen and oxygen atoms in total. The van der Waals surface area contributed by atoms with E-state index in [-0.39, 0.29) is 18.0 Å². The average Bonchev–Trinajstić information content (AvgIpc) is 2.65. The Hall–Kier alpha value is -3.28. The summed E-state index contributed by atoms with van der Waals surface area (Å²) in [6.07, 6.45) is -0.409. The molecule has 2 aromatic carbocycles. The molecule has 1 N–H and O–H groups in total. The van der Waals surface area contributed by atoms with Gasteiger partial charge < -0.3 is 19.0 Å². The number of phenols is 1. The molecule has 0 spiro atoms. The van der Waals surface area contributed by atoms with Crippen LogP contribution in [0.5, 0.6) is 17.2 Å². The lowest BCUT2D eigenvalue weighted by Gasteiger charge is -2.28. The largest absolute Gasteiger partial charge is 0.504 e. The van der Waals surface area contributed by atoms with Crippen LogP contribution in [0, 0.1) is 20.8 Å². The fourth-order valence-corrected chi connectivity index (χ4v) is 3.72. The lowest BCUT2D eigenvalue weighted by atomic mass is 9.90. The quantitative estimate of drug-likeness (QED) is 0.673. The zero-order valence-electron chi connectivity index (χ0n) is 16.1. The second-order valence-corrected chi connectivity index (χ2v) is 7.08. The number of ether oxygens (including phenoxy) is 2. The molecule has 28 heavy (non-hydrogen) atoms. The zero-order chi connectivity index (χ0) is 20.2. The Morgan fingerprint density at radius 1 is 1.11 bits per heavy atom. The van der Waals surface area contributed by atoms with Crippen LogP contribution in [0.15, 0.2) is 33.5 Å².